The van der Waals surface area contributed by atoms with Crippen molar-refractivity contribution in [2.24, 2.45) is 5.41 Å². The zero-order chi connectivity index (χ0) is 12.2. The van der Waals surface area contributed by atoms with Crippen molar-refractivity contribution < 1.29 is 23.1 Å². The van der Waals surface area contributed by atoms with Gasteiger partial charge in [-0.3, -0.25) is 0 Å². The fourth-order valence-corrected chi connectivity index (χ4v) is 1.97. The van der Waals surface area contributed by atoms with Gasteiger partial charge in [0.15, 0.2) is 0 Å². The maximum Gasteiger partial charge on any atom is 0.421 e. The number of rotatable bonds is 6. The molecule has 0 heterocycles. The van der Waals surface area contributed by atoms with Gasteiger partial charge in [-0.2, -0.15) is 13.1 Å². The SMILES string of the molecule is CCOC(=O)NS(=O)(=O)NCC1(CO)CC1. The standard InChI is InChI=1S/C8H16N2O5S/c1-2-15-7(12)10-16(13,14)9-5-8(6-11)3-4-8/h9,11H,2-6H2,1H3,(H,10,12). The Bertz CT molecular complexity index is 349. The van der Waals surface area contributed by atoms with Gasteiger partial charge in [-0.15, -0.1) is 0 Å². The Kier molecular flexibility index (Phi) is 4.11. The van der Waals surface area contributed by atoms with Crippen molar-refractivity contribution in [2.75, 3.05) is 19.8 Å². The molecule has 0 bridgehead atoms. The second-order valence-electron chi connectivity index (χ2n) is 3.81. The van der Waals surface area contributed by atoms with Crippen LogP contribution in [0.1, 0.15) is 19.8 Å². The van der Waals surface area contributed by atoms with Crippen LogP contribution < -0.4 is 9.44 Å². The molecule has 7 nitrogen and oxygen atoms in total. The highest BCUT2D eigenvalue weighted by Gasteiger charge is 2.42. The summed E-state index contributed by atoms with van der Waals surface area (Å²) in [5.41, 5.74) is -0.344. The summed E-state index contributed by atoms with van der Waals surface area (Å²) in [5, 5.41) is 8.97. The van der Waals surface area contributed by atoms with Gasteiger partial charge in [0.25, 0.3) is 0 Å². The number of carbonyl (C=O) groups excluding carboxylic acids is 1. The molecule has 0 aromatic rings. The van der Waals surface area contributed by atoms with Crippen molar-refractivity contribution in [1.82, 2.24) is 9.44 Å². The summed E-state index contributed by atoms with van der Waals surface area (Å²) in [6, 6.07) is 0. The van der Waals surface area contributed by atoms with E-state index in [1.807, 2.05) is 0 Å². The molecule has 0 atom stereocenters. The van der Waals surface area contributed by atoms with Crippen LogP contribution >= 0.6 is 0 Å². The molecule has 0 radical (unpaired) electrons. The second kappa shape index (κ2) is 4.98. The number of ether oxygens (including phenoxy) is 1. The van der Waals surface area contributed by atoms with Crippen LogP contribution in [0.15, 0.2) is 0 Å². The summed E-state index contributed by atoms with van der Waals surface area (Å²) in [6.45, 7) is 1.74. The summed E-state index contributed by atoms with van der Waals surface area (Å²) >= 11 is 0. The number of aliphatic hydroxyl groups excluding tert-OH is 1. The third-order valence-electron chi connectivity index (χ3n) is 2.42. The Labute approximate surface area is 94.4 Å². The van der Waals surface area contributed by atoms with Crippen LogP contribution in [0.4, 0.5) is 4.79 Å². The Morgan fingerprint density at radius 1 is 1.50 bits per heavy atom. The van der Waals surface area contributed by atoms with E-state index in [0.717, 1.165) is 12.8 Å². The minimum atomic E-state index is -3.89. The van der Waals surface area contributed by atoms with Gasteiger partial charge >= 0.3 is 16.3 Å². The van der Waals surface area contributed by atoms with Gasteiger partial charge in [0.05, 0.1) is 6.61 Å². The van der Waals surface area contributed by atoms with Crippen molar-refractivity contribution >= 4 is 16.3 Å². The lowest BCUT2D eigenvalue weighted by Crippen LogP contribution is -2.43. The van der Waals surface area contributed by atoms with Gasteiger partial charge in [0, 0.05) is 18.6 Å². The molecule has 1 rings (SSSR count). The maximum atomic E-state index is 11.3. The zero-order valence-corrected chi connectivity index (χ0v) is 9.84. The van der Waals surface area contributed by atoms with Crippen LogP contribution in [0, 0.1) is 5.41 Å². The van der Waals surface area contributed by atoms with Gasteiger partial charge in [-0.05, 0) is 19.8 Å². The number of amides is 1. The van der Waals surface area contributed by atoms with Gasteiger partial charge in [-0.1, -0.05) is 0 Å². The molecule has 1 aliphatic carbocycles. The average molecular weight is 252 g/mol. The first-order valence-electron chi connectivity index (χ1n) is 4.98. The molecule has 1 fully saturated rings. The molecule has 1 aliphatic rings. The minimum Gasteiger partial charge on any atom is -0.449 e. The number of hydrogen-bond acceptors (Lipinski definition) is 5. The van der Waals surface area contributed by atoms with E-state index in [-0.39, 0.29) is 25.2 Å². The Balaban J connectivity index is 2.37. The van der Waals surface area contributed by atoms with Gasteiger partial charge < -0.3 is 9.84 Å². The molecule has 0 aromatic heterocycles. The first-order valence-corrected chi connectivity index (χ1v) is 6.46. The highest BCUT2D eigenvalue weighted by atomic mass is 32.2. The van der Waals surface area contributed by atoms with Crippen LogP contribution in [0.2, 0.25) is 0 Å². The first kappa shape index (κ1) is 13.2. The van der Waals surface area contributed by atoms with Crippen molar-refractivity contribution in [3.8, 4) is 0 Å². The summed E-state index contributed by atoms with van der Waals surface area (Å²) in [4.78, 5) is 10.9. The molecule has 0 unspecified atom stereocenters. The van der Waals surface area contributed by atoms with E-state index in [9.17, 15) is 13.2 Å². The normalized spacial score (nSPS) is 17.9. The number of nitrogens with one attached hydrogen (secondary N) is 2. The topological polar surface area (TPSA) is 105 Å². The molecule has 16 heavy (non-hydrogen) atoms. The number of carbonyl (C=O) groups is 1. The van der Waals surface area contributed by atoms with Gasteiger partial charge in [-0.25, -0.2) is 9.52 Å². The summed E-state index contributed by atoms with van der Waals surface area (Å²) in [7, 11) is -3.89. The lowest BCUT2D eigenvalue weighted by Gasteiger charge is -2.13. The third-order valence-corrected chi connectivity index (χ3v) is 3.38. The van der Waals surface area contributed by atoms with E-state index in [2.05, 4.69) is 9.46 Å². The van der Waals surface area contributed by atoms with Crippen LogP contribution in [0.5, 0.6) is 0 Å². The number of hydrogen-bond donors (Lipinski definition) is 3. The highest BCUT2D eigenvalue weighted by molar-refractivity contribution is 7.88. The Morgan fingerprint density at radius 2 is 2.12 bits per heavy atom. The predicted octanol–water partition coefficient (Wildman–Crippen LogP) is -0.661. The highest BCUT2D eigenvalue weighted by Crippen LogP contribution is 2.44. The smallest absolute Gasteiger partial charge is 0.421 e. The number of aliphatic hydroxyl groups is 1. The van der Waals surface area contributed by atoms with E-state index in [1.54, 1.807) is 11.6 Å². The molecule has 0 spiro atoms. The summed E-state index contributed by atoms with van der Waals surface area (Å²) in [6.07, 6.45) is 0.556. The van der Waals surface area contributed by atoms with Crippen LogP contribution in [0.25, 0.3) is 0 Å². The lowest BCUT2D eigenvalue weighted by molar-refractivity contribution is 0.158. The monoisotopic (exact) mass is 252 g/mol. The van der Waals surface area contributed by atoms with Crippen molar-refractivity contribution in [1.29, 1.82) is 0 Å². The van der Waals surface area contributed by atoms with E-state index in [1.165, 1.54) is 0 Å². The molecule has 1 amide bonds. The Morgan fingerprint density at radius 3 is 2.56 bits per heavy atom. The fraction of sp³-hybridized carbons (Fsp3) is 0.875. The molecule has 8 heteroatoms. The average Bonchev–Trinajstić information content (AvgIpc) is 2.95. The molecule has 0 aliphatic heterocycles. The fourth-order valence-electron chi connectivity index (χ4n) is 1.12. The second-order valence-corrected chi connectivity index (χ2v) is 5.30. The minimum absolute atomic E-state index is 0.0606. The maximum absolute atomic E-state index is 11.3. The molecule has 0 saturated heterocycles. The quantitative estimate of drug-likeness (QED) is 0.582. The van der Waals surface area contributed by atoms with Crippen LogP contribution in [0.3, 0.4) is 0 Å². The van der Waals surface area contributed by atoms with E-state index in [0.29, 0.717) is 0 Å². The molecule has 94 valence electrons. The van der Waals surface area contributed by atoms with Crippen molar-refractivity contribution in [3.63, 3.8) is 0 Å². The molecule has 3 N–H and O–H groups in total. The lowest BCUT2D eigenvalue weighted by atomic mass is 10.1. The van der Waals surface area contributed by atoms with Crippen molar-refractivity contribution in [2.45, 2.75) is 19.8 Å². The molecular formula is C8H16N2O5S. The molecule has 1 saturated carbocycles. The largest absolute Gasteiger partial charge is 0.449 e. The van der Waals surface area contributed by atoms with Gasteiger partial charge in [0.1, 0.15) is 0 Å². The zero-order valence-electron chi connectivity index (χ0n) is 9.02. The summed E-state index contributed by atoms with van der Waals surface area (Å²) in [5.74, 6) is 0. The molecular weight excluding hydrogens is 236 g/mol. The predicted molar refractivity (Wildman–Crippen MR) is 55.8 cm³/mol. The summed E-state index contributed by atoms with van der Waals surface area (Å²) < 4.78 is 30.9. The van der Waals surface area contributed by atoms with E-state index >= 15 is 0 Å². The van der Waals surface area contributed by atoms with Crippen molar-refractivity contribution in [3.05, 3.63) is 0 Å². The molecule has 0 aromatic carbocycles. The Hall–Kier alpha value is -0.860. The van der Waals surface area contributed by atoms with Gasteiger partial charge in [0.2, 0.25) is 0 Å². The van der Waals surface area contributed by atoms with Crippen LogP contribution in [-0.4, -0.2) is 39.4 Å². The van der Waals surface area contributed by atoms with E-state index < -0.39 is 16.3 Å². The first-order chi connectivity index (χ1) is 7.43. The third kappa shape index (κ3) is 3.95. The van der Waals surface area contributed by atoms with Crippen LogP contribution in [-0.2, 0) is 14.9 Å². The van der Waals surface area contributed by atoms with E-state index in [4.69, 9.17) is 5.11 Å².